The van der Waals surface area contributed by atoms with E-state index in [4.69, 9.17) is 21.1 Å². The van der Waals surface area contributed by atoms with E-state index in [0.29, 0.717) is 29.2 Å². The molecule has 0 bridgehead atoms. The van der Waals surface area contributed by atoms with Gasteiger partial charge >= 0.3 is 0 Å². The second-order valence-electron chi connectivity index (χ2n) is 5.76. The Morgan fingerprint density at radius 2 is 2.16 bits per heavy atom. The van der Waals surface area contributed by atoms with Crippen LogP contribution in [0.25, 0.3) is 0 Å². The van der Waals surface area contributed by atoms with Crippen LogP contribution in [-0.4, -0.2) is 44.3 Å². The molecule has 1 aliphatic heterocycles. The molecule has 0 saturated carbocycles. The van der Waals surface area contributed by atoms with Gasteiger partial charge in [-0.15, -0.1) is 24.8 Å². The minimum atomic E-state index is 0. The van der Waals surface area contributed by atoms with Crippen LogP contribution < -0.4 is 14.8 Å². The van der Waals surface area contributed by atoms with Crippen LogP contribution in [0.15, 0.2) is 24.8 Å². The van der Waals surface area contributed by atoms with Gasteiger partial charge in [0.05, 0.1) is 12.1 Å². The fourth-order valence-corrected chi connectivity index (χ4v) is 3.37. The van der Waals surface area contributed by atoms with Crippen LogP contribution in [0, 0.1) is 0 Å². The van der Waals surface area contributed by atoms with Crippen molar-refractivity contribution in [2.45, 2.75) is 32.4 Å². The highest BCUT2D eigenvalue weighted by Gasteiger charge is 2.22. The monoisotopic (exact) mass is 410 g/mol. The minimum Gasteiger partial charge on any atom is -0.493 e. The lowest BCUT2D eigenvalue weighted by molar-refractivity contribution is 0.260. The van der Waals surface area contributed by atoms with Crippen molar-refractivity contribution in [1.82, 2.24) is 10.2 Å². The van der Waals surface area contributed by atoms with Crippen molar-refractivity contribution in [1.29, 1.82) is 0 Å². The summed E-state index contributed by atoms with van der Waals surface area (Å²) in [4.78, 5) is 2.53. The molecule has 1 saturated heterocycles. The SMILES string of the molecule is C=CCOc1c(Cl)cc(CNCC2CCCN2CC)cc1OC.Cl.Cl. The molecular formula is C18H29Cl3N2O2. The third-order valence-corrected chi connectivity index (χ3v) is 4.53. The van der Waals surface area contributed by atoms with Gasteiger partial charge in [-0.1, -0.05) is 31.2 Å². The molecule has 2 rings (SSSR count). The quantitative estimate of drug-likeness (QED) is 0.613. The number of methoxy groups -OCH3 is 1. The number of nitrogens with one attached hydrogen (secondary N) is 1. The number of nitrogens with zero attached hydrogens (tertiary/aromatic N) is 1. The van der Waals surface area contributed by atoms with Gasteiger partial charge in [0.15, 0.2) is 11.5 Å². The number of benzene rings is 1. The molecule has 1 heterocycles. The number of ether oxygens (including phenoxy) is 2. The fourth-order valence-electron chi connectivity index (χ4n) is 3.08. The van der Waals surface area contributed by atoms with E-state index in [1.165, 1.54) is 19.4 Å². The molecule has 1 aromatic rings. The molecule has 1 aromatic carbocycles. The van der Waals surface area contributed by atoms with Gasteiger partial charge in [0.1, 0.15) is 6.61 Å². The summed E-state index contributed by atoms with van der Waals surface area (Å²) < 4.78 is 11.0. The zero-order valence-corrected chi connectivity index (χ0v) is 17.3. The number of halogens is 3. The smallest absolute Gasteiger partial charge is 0.180 e. The summed E-state index contributed by atoms with van der Waals surface area (Å²) in [6.45, 7) is 10.4. The van der Waals surface area contributed by atoms with Crippen molar-refractivity contribution >= 4 is 36.4 Å². The summed E-state index contributed by atoms with van der Waals surface area (Å²) in [5, 5.41) is 4.10. The van der Waals surface area contributed by atoms with Gasteiger partial charge in [0.25, 0.3) is 0 Å². The van der Waals surface area contributed by atoms with Crippen molar-refractivity contribution in [2.75, 3.05) is 33.4 Å². The Bertz CT molecular complexity index is 529. The first-order valence-electron chi connectivity index (χ1n) is 8.24. The Kier molecular flexibility index (Phi) is 12.3. The predicted octanol–water partition coefficient (Wildman–Crippen LogP) is 4.33. The lowest BCUT2D eigenvalue weighted by Crippen LogP contribution is -2.37. The van der Waals surface area contributed by atoms with Crippen molar-refractivity contribution < 1.29 is 9.47 Å². The highest BCUT2D eigenvalue weighted by molar-refractivity contribution is 6.32. The van der Waals surface area contributed by atoms with Gasteiger partial charge in [-0.2, -0.15) is 0 Å². The molecule has 0 radical (unpaired) electrons. The average molecular weight is 412 g/mol. The first kappa shape index (κ1) is 24.4. The van der Waals surface area contributed by atoms with Gasteiger partial charge in [-0.25, -0.2) is 0 Å². The van der Waals surface area contributed by atoms with Gasteiger partial charge in [-0.05, 0) is 43.6 Å². The van der Waals surface area contributed by atoms with Crippen molar-refractivity contribution in [3.05, 3.63) is 35.4 Å². The van der Waals surface area contributed by atoms with Crippen LogP contribution in [0.3, 0.4) is 0 Å². The molecule has 25 heavy (non-hydrogen) atoms. The Hall–Kier alpha value is -0.650. The van der Waals surface area contributed by atoms with E-state index < -0.39 is 0 Å². The summed E-state index contributed by atoms with van der Waals surface area (Å²) in [6.07, 6.45) is 4.26. The van der Waals surface area contributed by atoms with E-state index >= 15 is 0 Å². The van der Waals surface area contributed by atoms with Crippen LogP contribution in [-0.2, 0) is 6.54 Å². The fraction of sp³-hybridized carbons (Fsp3) is 0.556. The summed E-state index contributed by atoms with van der Waals surface area (Å²) in [5.41, 5.74) is 1.10. The van der Waals surface area contributed by atoms with Crippen LogP contribution >= 0.6 is 36.4 Å². The Morgan fingerprint density at radius 3 is 2.80 bits per heavy atom. The molecule has 1 aliphatic rings. The molecule has 0 aromatic heterocycles. The van der Waals surface area contributed by atoms with Crippen molar-refractivity contribution in [3.8, 4) is 11.5 Å². The lowest BCUT2D eigenvalue weighted by atomic mass is 10.1. The van der Waals surface area contributed by atoms with E-state index in [2.05, 4.69) is 23.7 Å². The molecule has 1 fully saturated rings. The number of hydrogen-bond acceptors (Lipinski definition) is 4. The van der Waals surface area contributed by atoms with Crippen molar-refractivity contribution in [3.63, 3.8) is 0 Å². The van der Waals surface area contributed by atoms with E-state index in [0.717, 1.165) is 25.2 Å². The molecule has 0 amide bonds. The third-order valence-electron chi connectivity index (χ3n) is 4.25. The molecule has 0 aliphatic carbocycles. The maximum absolute atomic E-state index is 6.33. The second kappa shape index (κ2) is 12.7. The van der Waals surface area contributed by atoms with Gasteiger partial charge in [-0.3, -0.25) is 4.90 Å². The molecule has 144 valence electrons. The zero-order chi connectivity index (χ0) is 16.7. The number of likely N-dealkylation sites (tertiary alicyclic amines) is 1. The average Bonchev–Trinajstić information content (AvgIpc) is 3.01. The van der Waals surface area contributed by atoms with E-state index in [1.807, 2.05) is 12.1 Å². The molecule has 1 N–H and O–H groups in total. The van der Waals surface area contributed by atoms with E-state index in [9.17, 15) is 0 Å². The maximum Gasteiger partial charge on any atom is 0.180 e. The van der Waals surface area contributed by atoms with Crippen LogP contribution in [0.4, 0.5) is 0 Å². The largest absolute Gasteiger partial charge is 0.493 e. The predicted molar refractivity (Wildman–Crippen MR) is 110 cm³/mol. The Labute approximate surface area is 168 Å². The summed E-state index contributed by atoms with van der Waals surface area (Å²) in [6, 6.07) is 4.55. The number of rotatable bonds is 9. The Morgan fingerprint density at radius 1 is 1.40 bits per heavy atom. The molecule has 1 atom stereocenters. The first-order valence-corrected chi connectivity index (χ1v) is 8.62. The summed E-state index contributed by atoms with van der Waals surface area (Å²) >= 11 is 6.33. The molecule has 1 unspecified atom stereocenters. The maximum atomic E-state index is 6.33. The topological polar surface area (TPSA) is 33.7 Å². The van der Waals surface area contributed by atoms with Crippen LogP contribution in [0.2, 0.25) is 5.02 Å². The standard InChI is InChI=1S/C18H27ClN2O2.2ClH/c1-4-9-23-18-16(19)10-14(11-17(18)22-3)12-20-13-15-7-6-8-21(15)5-2;;/h4,10-11,15,20H,1,5-9,12-13H2,2-3H3;2*1H. The van der Waals surface area contributed by atoms with Crippen molar-refractivity contribution in [2.24, 2.45) is 0 Å². The molecular weight excluding hydrogens is 383 g/mol. The molecule has 4 nitrogen and oxygen atoms in total. The van der Waals surface area contributed by atoms with Crippen LogP contribution in [0.5, 0.6) is 11.5 Å². The van der Waals surface area contributed by atoms with E-state index in [1.54, 1.807) is 13.2 Å². The van der Waals surface area contributed by atoms with Gasteiger partial charge < -0.3 is 14.8 Å². The zero-order valence-electron chi connectivity index (χ0n) is 14.9. The normalized spacial score (nSPS) is 16.7. The van der Waals surface area contributed by atoms with Gasteiger partial charge in [0, 0.05) is 19.1 Å². The Balaban J connectivity index is 0.00000288. The molecule has 0 spiro atoms. The van der Waals surface area contributed by atoms with Gasteiger partial charge in [0.2, 0.25) is 0 Å². The number of hydrogen-bond donors (Lipinski definition) is 1. The third kappa shape index (κ3) is 6.87. The second-order valence-corrected chi connectivity index (χ2v) is 6.17. The lowest BCUT2D eigenvalue weighted by Gasteiger charge is -2.23. The first-order chi connectivity index (χ1) is 11.2. The minimum absolute atomic E-state index is 0. The summed E-state index contributed by atoms with van der Waals surface area (Å²) in [7, 11) is 1.63. The van der Waals surface area contributed by atoms with Crippen LogP contribution in [0.1, 0.15) is 25.3 Å². The highest BCUT2D eigenvalue weighted by atomic mass is 35.5. The highest BCUT2D eigenvalue weighted by Crippen LogP contribution is 2.36. The van der Waals surface area contributed by atoms with E-state index in [-0.39, 0.29) is 24.8 Å². The number of likely N-dealkylation sites (N-methyl/N-ethyl adjacent to an activating group) is 1. The molecule has 7 heteroatoms. The summed E-state index contributed by atoms with van der Waals surface area (Å²) in [5.74, 6) is 1.23.